The predicted molar refractivity (Wildman–Crippen MR) is 86.8 cm³/mol. The van der Waals surface area contributed by atoms with E-state index in [-0.39, 0.29) is 22.9 Å². The maximum Gasteiger partial charge on any atom is 0.513 e. The summed E-state index contributed by atoms with van der Waals surface area (Å²) in [5.74, 6) is 0.290. The van der Waals surface area contributed by atoms with Crippen LogP contribution in [0.2, 0.25) is 0 Å². The number of anilines is 2. The smallest absolute Gasteiger partial charge is 0.437 e. The Labute approximate surface area is 137 Å². The molecular formula is C16H16N2O6. The number of benzene rings is 2. The highest BCUT2D eigenvalue weighted by molar-refractivity contribution is 5.77. The summed E-state index contributed by atoms with van der Waals surface area (Å²) in [4.78, 5) is 22.5. The number of carbonyl (C=O) groups is 2. The molecule has 0 heterocycles. The molecule has 0 fully saturated rings. The van der Waals surface area contributed by atoms with E-state index in [2.05, 4.69) is 9.47 Å². The second-order valence-electron chi connectivity index (χ2n) is 4.62. The highest BCUT2D eigenvalue weighted by Gasteiger charge is 2.12. The lowest BCUT2D eigenvalue weighted by Crippen LogP contribution is -2.09. The predicted octanol–water partition coefficient (Wildman–Crippen LogP) is 2.81. The fourth-order valence-electron chi connectivity index (χ4n) is 1.87. The van der Waals surface area contributed by atoms with Gasteiger partial charge in [0.15, 0.2) is 11.5 Å². The van der Waals surface area contributed by atoms with Crippen LogP contribution in [0.3, 0.4) is 0 Å². The molecule has 0 amide bonds. The Morgan fingerprint density at radius 3 is 1.46 bits per heavy atom. The van der Waals surface area contributed by atoms with Gasteiger partial charge in [-0.25, -0.2) is 9.59 Å². The van der Waals surface area contributed by atoms with Crippen LogP contribution in [0.5, 0.6) is 11.5 Å². The molecule has 2 rings (SSSR count). The van der Waals surface area contributed by atoms with Gasteiger partial charge in [0.1, 0.15) is 0 Å². The number of methoxy groups -OCH3 is 2. The van der Waals surface area contributed by atoms with Crippen LogP contribution in [0.25, 0.3) is 11.1 Å². The van der Waals surface area contributed by atoms with Crippen molar-refractivity contribution in [3.8, 4) is 22.6 Å². The summed E-state index contributed by atoms with van der Waals surface area (Å²) in [7, 11) is 2.39. The maximum absolute atomic E-state index is 11.2. The van der Waals surface area contributed by atoms with Crippen molar-refractivity contribution in [3.05, 3.63) is 36.4 Å². The quantitative estimate of drug-likeness (QED) is 0.499. The normalized spacial score (nSPS) is 9.92. The molecule has 0 radical (unpaired) electrons. The summed E-state index contributed by atoms with van der Waals surface area (Å²) in [6.07, 6.45) is -1.77. The van der Waals surface area contributed by atoms with Gasteiger partial charge in [0, 0.05) is 0 Å². The molecule has 126 valence electrons. The molecule has 24 heavy (non-hydrogen) atoms. The zero-order valence-electron chi connectivity index (χ0n) is 13.1. The third kappa shape index (κ3) is 3.86. The van der Waals surface area contributed by atoms with E-state index in [4.69, 9.17) is 20.9 Å². The molecule has 0 aliphatic heterocycles. The first-order chi connectivity index (χ1) is 11.4. The van der Waals surface area contributed by atoms with Gasteiger partial charge < -0.3 is 30.4 Å². The number of nitrogens with two attached hydrogens (primary N) is 2. The highest BCUT2D eigenvalue weighted by atomic mass is 16.7. The molecule has 0 aliphatic rings. The summed E-state index contributed by atoms with van der Waals surface area (Å²) >= 11 is 0. The number of hydrogen-bond acceptors (Lipinski definition) is 8. The summed E-state index contributed by atoms with van der Waals surface area (Å²) in [5, 5.41) is 0. The average Bonchev–Trinajstić information content (AvgIpc) is 2.58. The van der Waals surface area contributed by atoms with Crippen LogP contribution in [0.1, 0.15) is 0 Å². The Morgan fingerprint density at radius 2 is 1.12 bits per heavy atom. The molecule has 2 aromatic rings. The van der Waals surface area contributed by atoms with E-state index in [1.54, 1.807) is 36.4 Å². The molecule has 0 aromatic heterocycles. The van der Waals surface area contributed by atoms with Crippen molar-refractivity contribution in [1.29, 1.82) is 0 Å². The molecule has 0 spiro atoms. The van der Waals surface area contributed by atoms with E-state index in [0.29, 0.717) is 11.1 Å². The van der Waals surface area contributed by atoms with Crippen molar-refractivity contribution in [2.24, 2.45) is 0 Å². The van der Waals surface area contributed by atoms with E-state index in [9.17, 15) is 9.59 Å². The van der Waals surface area contributed by atoms with E-state index in [1.165, 1.54) is 14.2 Å². The van der Waals surface area contributed by atoms with Gasteiger partial charge in [-0.3, -0.25) is 0 Å². The van der Waals surface area contributed by atoms with Crippen LogP contribution in [-0.2, 0) is 9.47 Å². The monoisotopic (exact) mass is 332 g/mol. The van der Waals surface area contributed by atoms with Gasteiger partial charge in [0.05, 0.1) is 25.6 Å². The van der Waals surface area contributed by atoms with Crippen LogP contribution in [0.15, 0.2) is 36.4 Å². The average molecular weight is 332 g/mol. The summed E-state index contributed by atoms with van der Waals surface area (Å²) in [6.45, 7) is 0. The topological polar surface area (TPSA) is 123 Å². The van der Waals surface area contributed by atoms with Crippen LogP contribution in [0.4, 0.5) is 21.0 Å². The first-order valence-corrected chi connectivity index (χ1v) is 6.75. The number of nitrogen functional groups attached to an aromatic ring is 2. The number of rotatable bonds is 3. The van der Waals surface area contributed by atoms with Crippen molar-refractivity contribution < 1.29 is 28.5 Å². The molecule has 8 heteroatoms. The van der Waals surface area contributed by atoms with Crippen molar-refractivity contribution in [2.75, 3.05) is 25.7 Å². The maximum atomic E-state index is 11.2. The molecule has 2 aromatic carbocycles. The minimum Gasteiger partial charge on any atom is -0.437 e. The first-order valence-electron chi connectivity index (χ1n) is 6.75. The molecule has 0 bridgehead atoms. The van der Waals surface area contributed by atoms with Gasteiger partial charge in [0.2, 0.25) is 0 Å². The van der Waals surface area contributed by atoms with Crippen LogP contribution in [0, 0.1) is 0 Å². The summed E-state index contributed by atoms with van der Waals surface area (Å²) < 4.78 is 18.8. The second-order valence-corrected chi connectivity index (χ2v) is 4.62. The molecule has 8 nitrogen and oxygen atoms in total. The van der Waals surface area contributed by atoms with Gasteiger partial charge in [0.25, 0.3) is 0 Å². The van der Waals surface area contributed by atoms with E-state index < -0.39 is 12.3 Å². The summed E-state index contributed by atoms with van der Waals surface area (Å²) in [6, 6.07) is 9.69. The van der Waals surface area contributed by atoms with Crippen molar-refractivity contribution >= 4 is 23.7 Å². The first kappa shape index (κ1) is 16.9. The lowest BCUT2D eigenvalue weighted by molar-refractivity contribution is 0.120. The van der Waals surface area contributed by atoms with Crippen LogP contribution >= 0.6 is 0 Å². The van der Waals surface area contributed by atoms with Gasteiger partial charge in [-0.2, -0.15) is 0 Å². The van der Waals surface area contributed by atoms with Gasteiger partial charge in [-0.15, -0.1) is 0 Å². The molecule has 0 saturated heterocycles. The highest BCUT2D eigenvalue weighted by Crippen LogP contribution is 2.33. The molecule has 0 unspecified atom stereocenters. The second kappa shape index (κ2) is 7.23. The van der Waals surface area contributed by atoms with Gasteiger partial charge >= 0.3 is 12.3 Å². The molecule has 0 aliphatic carbocycles. The molecular weight excluding hydrogens is 316 g/mol. The zero-order chi connectivity index (χ0) is 17.7. The number of carbonyl (C=O) groups excluding carboxylic acids is 2. The Morgan fingerprint density at radius 1 is 0.750 bits per heavy atom. The Balaban J connectivity index is 2.37. The lowest BCUT2D eigenvalue weighted by Gasteiger charge is -2.11. The van der Waals surface area contributed by atoms with Crippen molar-refractivity contribution in [1.82, 2.24) is 0 Å². The third-order valence-corrected chi connectivity index (χ3v) is 3.08. The summed E-state index contributed by atoms with van der Waals surface area (Å²) in [5.41, 5.74) is 13.4. The number of ether oxygens (including phenoxy) is 4. The van der Waals surface area contributed by atoms with E-state index in [0.717, 1.165) is 0 Å². The van der Waals surface area contributed by atoms with Crippen molar-refractivity contribution in [3.63, 3.8) is 0 Å². The largest absolute Gasteiger partial charge is 0.513 e. The van der Waals surface area contributed by atoms with Crippen molar-refractivity contribution in [2.45, 2.75) is 0 Å². The molecule has 4 N–H and O–H groups in total. The standard InChI is InChI=1S/C16H16N2O6/c1-21-15(19)23-13-7-9(3-5-11(13)17)10-4-6-12(18)14(8-10)24-16(20)22-2/h3-8H,17-18H2,1-2H3. The van der Waals surface area contributed by atoms with E-state index >= 15 is 0 Å². The Hall–Kier alpha value is -3.42. The SMILES string of the molecule is COC(=O)Oc1cc(-c2ccc(N)c(OC(=O)OC)c2)ccc1N. The number of hydrogen-bond donors (Lipinski definition) is 2. The zero-order valence-corrected chi connectivity index (χ0v) is 13.1. The van der Waals surface area contributed by atoms with Gasteiger partial charge in [-0.1, -0.05) is 12.1 Å². The molecule has 0 atom stereocenters. The fourth-order valence-corrected chi connectivity index (χ4v) is 1.87. The molecule has 0 saturated carbocycles. The lowest BCUT2D eigenvalue weighted by atomic mass is 10.0. The minimum absolute atomic E-state index is 0.145. The fraction of sp³-hybridized carbons (Fsp3) is 0.125. The van der Waals surface area contributed by atoms with Crippen LogP contribution < -0.4 is 20.9 Å². The van der Waals surface area contributed by atoms with Gasteiger partial charge in [-0.05, 0) is 35.4 Å². The Kier molecular flexibility index (Phi) is 5.10. The van der Waals surface area contributed by atoms with Crippen LogP contribution in [-0.4, -0.2) is 26.5 Å². The van der Waals surface area contributed by atoms with E-state index in [1.807, 2.05) is 0 Å². The minimum atomic E-state index is -0.883. The Bertz CT molecular complexity index is 710. The third-order valence-electron chi connectivity index (χ3n) is 3.08.